The van der Waals surface area contributed by atoms with Crippen LogP contribution in [-0.2, 0) is 23.2 Å². The van der Waals surface area contributed by atoms with Crippen molar-refractivity contribution in [3.63, 3.8) is 0 Å². The average Bonchev–Trinajstić information content (AvgIpc) is 2.23. The predicted octanol–water partition coefficient (Wildman–Crippen LogP) is -0.0825. The standard InChI is InChI=1S/C3H3N2.Mo.O/c1-2-5-3-4-1;;/h1-3H;;/q-1;;. The Kier molecular flexibility index (Phi) is 5.45. The summed E-state index contributed by atoms with van der Waals surface area (Å²) in [7, 11) is 0. The summed E-state index contributed by atoms with van der Waals surface area (Å²) in [4.78, 5) is 7.22. The van der Waals surface area contributed by atoms with E-state index in [-0.39, 0.29) is 0 Å². The topological polar surface area (TPSA) is 44.1 Å². The molecule has 0 fully saturated rings. The summed E-state index contributed by atoms with van der Waals surface area (Å²) in [6.07, 6.45) is 4.78. The molecule has 0 saturated heterocycles. The fraction of sp³-hybridized carbons (Fsp3) is 0. The molecule has 0 bridgehead atoms. The molecule has 7 heavy (non-hydrogen) atoms. The summed E-state index contributed by atoms with van der Waals surface area (Å²) in [6.45, 7) is 0. The van der Waals surface area contributed by atoms with E-state index in [1.807, 2.05) is 0 Å². The molecule has 0 N–H and O–H groups in total. The third-order valence-corrected chi connectivity index (χ3v) is 0.372. The summed E-state index contributed by atoms with van der Waals surface area (Å²) >= 11 is 0.700. The van der Waals surface area contributed by atoms with E-state index in [2.05, 4.69) is 9.97 Å². The first-order chi connectivity index (χ1) is 3.50. The normalized spacial score (nSPS) is 6.29. The van der Waals surface area contributed by atoms with Crippen molar-refractivity contribution in [1.29, 1.82) is 0 Å². The Labute approximate surface area is 52.4 Å². The van der Waals surface area contributed by atoms with Gasteiger partial charge >= 0.3 is 23.2 Å². The number of imidazole rings is 1. The van der Waals surface area contributed by atoms with E-state index >= 15 is 0 Å². The first kappa shape index (κ1) is 6.70. The number of rotatable bonds is 0. The molecule has 0 atom stereocenters. The van der Waals surface area contributed by atoms with E-state index in [9.17, 15) is 0 Å². The zero-order valence-electron chi connectivity index (χ0n) is 3.44. The van der Waals surface area contributed by atoms with Crippen molar-refractivity contribution in [3.8, 4) is 0 Å². The molecule has 4 heteroatoms. The Hall–Kier alpha value is -0.302. The maximum Gasteiger partial charge on any atom is -0.0843 e. The van der Waals surface area contributed by atoms with Crippen LogP contribution in [0.25, 0.3) is 0 Å². The first-order valence-corrected chi connectivity index (χ1v) is 2.35. The Morgan fingerprint density at radius 3 is 2.43 bits per heavy atom. The van der Waals surface area contributed by atoms with Crippen LogP contribution in [0.2, 0.25) is 0 Å². The third-order valence-electron chi connectivity index (χ3n) is 0.372. The van der Waals surface area contributed by atoms with Gasteiger partial charge in [0.25, 0.3) is 0 Å². The third kappa shape index (κ3) is 3.53. The Balaban J connectivity index is 0.000000162. The average molecular weight is 179 g/mol. The molecule has 0 aliphatic heterocycles. The summed E-state index contributed by atoms with van der Waals surface area (Å²) in [6, 6.07) is 0. The zero-order chi connectivity index (χ0) is 5.54. The minimum atomic E-state index is 0.700. The smallest absolute Gasteiger partial charge is 0.0843 e. The van der Waals surface area contributed by atoms with Crippen LogP contribution in [0.1, 0.15) is 0 Å². The summed E-state index contributed by atoms with van der Waals surface area (Å²) in [5.74, 6) is 0. The SMILES string of the molecule is [O]=[Mo].c1c[n-]cn1. The molecule has 38 valence electrons. The van der Waals surface area contributed by atoms with Gasteiger partial charge in [0.1, 0.15) is 0 Å². The van der Waals surface area contributed by atoms with Gasteiger partial charge in [-0.3, -0.25) is 0 Å². The molecule has 1 aromatic rings. The molecule has 0 aromatic carbocycles. The van der Waals surface area contributed by atoms with Crippen molar-refractivity contribution in [1.82, 2.24) is 9.97 Å². The maximum absolute atomic E-state index is 8.26. The molecule has 3 nitrogen and oxygen atoms in total. The van der Waals surface area contributed by atoms with Gasteiger partial charge < -0.3 is 9.97 Å². The minimum Gasteiger partial charge on any atom is -0.450 e. The Bertz CT molecular complexity index is 79.8. The molecule has 0 unspecified atom stereocenters. The second-order valence-corrected chi connectivity index (χ2v) is 0.712. The molecular weight excluding hydrogens is 176 g/mol. The van der Waals surface area contributed by atoms with Gasteiger partial charge in [0.2, 0.25) is 0 Å². The molecule has 1 rings (SSSR count). The molecule has 1 aromatic heterocycles. The van der Waals surface area contributed by atoms with Crippen LogP contribution >= 0.6 is 0 Å². The Morgan fingerprint density at radius 2 is 2.29 bits per heavy atom. The van der Waals surface area contributed by atoms with Gasteiger partial charge in [-0.1, -0.05) is 18.7 Å². The molecule has 0 saturated carbocycles. The monoisotopic (exact) mass is 181 g/mol. The van der Waals surface area contributed by atoms with Crippen LogP contribution < -0.4 is 4.98 Å². The van der Waals surface area contributed by atoms with E-state index < -0.39 is 0 Å². The van der Waals surface area contributed by atoms with Gasteiger partial charge in [-0.15, -0.1) is 0 Å². The molecule has 0 aliphatic rings. The van der Waals surface area contributed by atoms with Crippen molar-refractivity contribution in [2.45, 2.75) is 0 Å². The van der Waals surface area contributed by atoms with Crippen LogP contribution in [0.15, 0.2) is 18.7 Å². The number of aromatic nitrogens is 2. The van der Waals surface area contributed by atoms with Gasteiger partial charge in [-0.05, 0) is 0 Å². The zero-order valence-corrected chi connectivity index (χ0v) is 5.45. The first-order valence-electron chi connectivity index (χ1n) is 1.53. The summed E-state index contributed by atoms with van der Waals surface area (Å²) in [5.41, 5.74) is 0. The Morgan fingerprint density at radius 1 is 1.57 bits per heavy atom. The van der Waals surface area contributed by atoms with Gasteiger partial charge in [0.15, 0.2) is 0 Å². The fourth-order valence-electron chi connectivity index (χ4n) is 0.192. The van der Waals surface area contributed by atoms with Crippen LogP contribution in [0.4, 0.5) is 0 Å². The van der Waals surface area contributed by atoms with E-state index in [1.54, 1.807) is 12.4 Å². The maximum atomic E-state index is 8.26. The van der Waals surface area contributed by atoms with Crippen LogP contribution in [0.5, 0.6) is 0 Å². The number of nitrogens with zero attached hydrogens (tertiary/aromatic N) is 2. The molecule has 0 spiro atoms. The van der Waals surface area contributed by atoms with E-state index in [4.69, 9.17) is 3.40 Å². The molecule has 0 aliphatic carbocycles. The van der Waals surface area contributed by atoms with Crippen LogP contribution in [-0.4, -0.2) is 4.98 Å². The van der Waals surface area contributed by atoms with Crippen molar-refractivity contribution in [2.24, 2.45) is 0 Å². The fourth-order valence-corrected chi connectivity index (χ4v) is 0.192. The van der Waals surface area contributed by atoms with Gasteiger partial charge in [-0.25, -0.2) is 0 Å². The van der Waals surface area contributed by atoms with Crippen molar-refractivity contribution in [2.75, 3.05) is 0 Å². The van der Waals surface area contributed by atoms with Crippen molar-refractivity contribution >= 4 is 0 Å². The predicted molar refractivity (Wildman–Crippen MR) is 18.2 cm³/mol. The summed E-state index contributed by atoms with van der Waals surface area (Å²) < 4.78 is 8.26. The summed E-state index contributed by atoms with van der Waals surface area (Å²) in [5, 5.41) is 0. The molecular formula is C3H3MoN2O-. The number of hydrogen-bond acceptors (Lipinski definition) is 2. The van der Waals surface area contributed by atoms with E-state index in [1.165, 1.54) is 6.33 Å². The largest absolute Gasteiger partial charge is 0.450 e. The van der Waals surface area contributed by atoms with Gasteiger partial charge in [-0.2, -0.15) is 0 Å². The molecule has 0 radical (unpaired) electrons. The minimum absolute atomic E-state index is 0.700. The van der Waals surface area contributed by atoms with Crippen molar-refractivity contribution < 1.29 is 23.2 Å². The second kappa shape index (κ2) is 5.70. The van der Waals surface area contributed by atoms with Gasteiger partial charge in [0.05, 0.1) is 0 Å². The molecule has 1 heterocycles. The molecule has 0 amide bonds. The second-order valence-electron chi connectivity index (χ2n) is 0.712. The van der Waals surface area contributed by atoms with Crippen molar-refractivity contribution in [3.05, 3.63) is 18.7 Å². The van der Waals surface area contributed by atoms with Crippen LogP contribution in [0.3, 0.4) is 0 Å². The quantitative estimate of drug-likeness (QED) is 0.523. The van der Waals surface area contributed by atoms with E-state index in [0.717, 1.165) is 0 Å². The number of hydrogen-bond donors (Lipinski definition) is 0. The van der Waals surface area contributed by atoms with Crippen LogP contribution in [0, 0.1) is 0 Å². The van der Waals surface area contributed by atoms with Gasteiger partial charge in [0, 0.05) is 0 Å². The van der Waals surface area contributed by atoms with E-state index in [0.29, 0.717) is 19.8 Å².